The summed E-state index contributed by atoms with van der Waals surface area (Å²) in [6.07, 6.45) is 2.49. The van der Waals surface area contributed by atoms with E-state index in [0.29, 0.717) is 12.3 Å². The average Bonchev–Trinajstić information content (AvgIpc) is 3.15. The molecule has 1 aromatic rings. The van der Waals surface area contributed by atoms with Crippen molar-refractivity contribution in [3.63, 3.8) is 0 Å². The summed E-state index contributed by atoms with van der Waals surface area (Å²) < 4.78 is 31.3. The standard InChI is InChI=1S/C14H24N4O4S/c1-14(2,3)7-10(15-4)12(19)18-23(20,21)8-11-16-13(22-17-11)9-5-6-9/h9-10,15H,5-8H2,1-4H3,(H,18,19). The van der Waals surface area contributed by atoms with Crippen molar-refractivity contribution in [3.05, 3.63) is 11.7 Å². The van der Waals surface area contributed by atoms with Crippen molar-refractivity contribution in [2.24, 2.45) is 5.41 Å². The number of rotatable bonds is 7. The molecule has 2 rings (SSSR count). The molecule has 0 saturated heterocycles. The van der Waals surface area contributed by atoms with Crippen LogP contribution in [-0.4, -0.2) is 37.6 Å². The van der Waals surface area contributed by atoms with E-state index in [1.54, 1.807) is 7.05 Å². The van der Waals surface area contributed by atoms with E-state index in [9.17, 15) is 13.2 Å². The number of carbonyl (C=O) groups excluding carboxylic acids is 1. The van der Waals surface area contributed by atoms with Gasteiger partial charge in [-0.1, -0.05) is 25.9 Å². The smallest absolute Gasteiger partial charge is 0.250 e. The zero-order valence-corrected chi connectivity index (χ0v) is 14.7. The fourth-order valence-electron chi connectivity index (χ4n) is 2.19. The first-order valence-corrected chi connectivity index (χ1v) is 9.29. The molecule has 130 valence electrons. The van der Waals surface area contributed by atoms with Crippen molar-refractivity contribution in [1.82, 2.24) is 20.2 Å². The van der Waals surface area contributed by atoms with Gasteiger partial charge in [-0.05, 0) is 31.7 Å². The number of hydrogen-bond donors (Lipinski definition) is 2. The van der Waals surface area contributed by atoms with Gasteiger partial charge in [-0.25, -0.2) is 8.42 Å². The summed E-state index contributed by atoms with van der Waals surface area (Å²) >= 11 is 0. The number of sulfonamides is 1. The van der Waals surface area contributed by atoms with Gasteiger partial charge < -0.3 is 9.84 Å². The summed E-state index contributed by atoms with van der Waals surface area (Å²) in [5.74, 6) is -0.241. The molecule has 2 N–H and O–H groups in total. The zero-order chi connectivity index (χ0) is 17.3. The van der Waals surface area contributed by atoms with Gasteiger partial charge in [-0.3, -0.25) is 9.52 Å². The molecule has 9 heteroatoms. The Morgan fingerprint density at radius 2 is 2.04 bits per heavy atom. The van der Waals surface area contributed by atoms with Crippen LogP contribution in [0, 0.1) is 5.41 Å². The minimum absolute atomic E-state index is 0.0732. The highest BCUT2D eigenvalue weighted by atomic mass is 32.2. The molecule has 0 aromatic carbocycles. The van der Waals surface area contributed by atoms with Gasteiger partial charge >= 0.3 is 0 Å². The van der Waals surface area contributed by atoms with Crippen molar-refractivity contribution >= 4 is 15.9 Å². The Morgan fingerprint density at radius 3 is 2.57 bits per heavy atom. The number of nitrogens with one attached hydrogen (secondary N) is 2. The number of likely N-dealkylation sites (N-methyl/N-ethyl adjacent to an activating group) is 1. The molecule has 1 atom stereocenters. The predicted molar refractivity (Wildman–Crippen MR) is 84.0 cm³/mol. The topological polar surface area (TPSA) is 114 Å². The number of carbonyl (C=O) groups is 1. The second-order valence-corrected chi connectivity index (χ2v) is 8.88. The third-order valence-electron chi connectivity index (χ3n) is 3.47. The van der Waals surface area contributed by atoms with Crippen molar-refractivity contribution < 1.29 is 17.7 Å². The van der Waals surface area contributed by atoms with E-state index in [1.807, 2.05) is 20.8 Å². The SMILES string of the molecule is CNC(CC(C)(C)C)C(=O)NS(=O)(=O)Cc1noc(C2CC2)n1. The molecule has 0 spiro atoms. The van der Waals surface area contributed by atoms with Gasteiger partial charge in [0.15, 0.2) is 5.82 Å². The molecule has 0 radical (unpaired) electrons. The van der Waals surface area contributed by atoms with E-state index in [2.05, 4.69) is 20.2 Å². The highest BCUT2D eigenvalue weighted by Gasteiger charge is 2.31. The van der Waals surface area contributed by atoms with E-state index in [0.717, 1.165) is 12.8 Å². The molecule has 1 aliphatic rings. The fraction of sp³-hybridized carbons (Fsp3) is 0.786. The molecule has 1 heterocycles. The lowest BCUT2D eigenvalue weighted by molar-refractivity contribution is -0.121. The number of aromatic nitrogens is 2. The Hall–Kier alpha value is -1.48. The van der Waals surface area contributed by atoms with E-state index in [-0.39, 0.29) is 17.2 Å². The average molecular weight is 344 g/mol. The predicted octanol–water partition coefficient (Wildman–Crippen LogP) is 0.917. The highest BCUT2D eigenvalue weighted by molar-refractivity contribution is 7.89. The Balaban J connectivity index is 1.96. The van der Waals surface area contributed by atoms with Gasteiger partial charge in [-0.15, -0.1) is 0 Å². The summed E-state index contributed by atoms with van der Waals surface area (Å²) in [6, 6.07) is -0.586. The third-order valence-corrected chi connectivity index (χ3v) is 4.62. The molecule has 1 fully saturated rings. The number of amides is 1. The summed E-state index contributed by atoms with van der Waals surface area (Å²) in [7, 11) is -2.23. The largest absolute Gasteiger partial charge is 0.339 e. The van der Waals surface area contributed by atoms with E-state index in [1.165, 1.54) is 0 Å². The van der Waals surface area contributed by atoms with Crippen LogP contribution in [0.25, 0.3) is 0 Å². The Kier molecular flexibility index (Phi) is 5.10. The van der Waals surface area contributed by atoms with E-state index >= 15 is 0 Å². The molecule has 1 unspecified atom stereocenters. The molecule has 8 nitrogen and oxygen atoms in total. The lowest BCUT2D eigenvalue weighted by Crippen LogP contribution is -2.47. The van der Waals surface area contributed by atoms with Gasteiger partial charge in [0.25, 0.3) is 5.91 Å². The van der Waals surface area contributed by atoms with Crippen molar-refractivity contribution in [2.75, 3.05) is 7.05 Å². The van der Waals surface area contributed by atoms with Crippen LogP contribution >= 0.6 is 0 Å². The fourth-order valence-corrected chi connectivity index (χ4v) is 3.17. The third kappa shape index (κ3) is 5.58. The number of hydrogen-bond acceptors (Lipinski definition) is 7. The maximum atomic E-state index is 12.2. The normalized spacial score (nSPS) is 17.0. The van der Waals surface area contributed by atoms with Crippen LogP contribution in [0.4, 0.5) is 0 Å². The minimum Gasteiger partial charge on any atom is -0.339 e. The number of nitrogens with zero attached hydrogens (tertiary/aromatic N) is 2. The highest BCUT2D eigenvalue weighted by Crippen LogP contribution is 2.38. The monoisotopic (exact) mass is 344 g/mol. The molecule has 0 bridgehead atoms. The van der Waals surface area contributed by atoms with Crippen LogP contribution in [-0.2, 0) is 20.6 Å². The van der Waals surface area contributed by atoms with Crippen molar-refractivity contribution in [1.29, 1.82) is 0 Å². The van der Waals surface area contributed by atoms with Crippen LogP contribution in [0.5, 0.6) is 0 Å². The summed E-state index contributed by atoms with van der Waals surface area (Å²) in [5, 5.41) is 6.51. The van der Waals surface area contributed by atoms with E-state index < -0.39 is 27.7 Å². The summed E-state index contributed by atoms with van der Waals surface area (Å²) in [5.41, 5.74) is -0.110. The molecule has 1 saturated carbocycles. The summed E-state index contributed by atoms with van der Waals surface area (Å²) in [6.45, 7) is 5.95. The molecular formula is C14H24N4O4S. The van der Waals surface area contributed by atoms with Crippen LogP contribution < -0.4 is 10.0 Å². The van der Waals surface area contributed by atoms with Gasteiger partial charge in [0, 0.05) is 5.92 Å². The van der Waals surface area contributed by atoms with Crippen molar-refractivity contribution in [3.8, 4) is 0 Å². The first kappa shape index (κ1) is 17.9. The summed E-state index contributed by atoms with van der Waals surface area (Å²) in [4.78, 5) is 16.2. The first-order valence-electron chi connectivity index (χ1n) is 7.64. The Bertz CT molecular complexity index is 659. The van der Waals surface area contributed by atoms with Gasteiger partial charge in [0.2, 0.25) is 15.9 Å². The maximum absolute atomic E-state index is 12.2. The van der Waals surface area contributed by atoms with Crippen LogP contribution in [0.2, 0.25) is 0 Å². The van der Waals surface area contributed by atoms with Crippen LogP contribution in [0.1, 0.15) is 57.7 Å². The molecule has 0 aliphatic heterocycles. The quantitative estimate of drug-likeness (QED) is 0.756. The maximum Gasteiger partial charge on any atom is 0.250 e. The molecular weight excluding hydrogens is 320 g/mol. The molecule has 23 heavy (non-hydrogen) atoms. The minimum atomic E-state index is -3.86. The Morgan fingerprint density at radius 1 is 1.39 bits per heavy atom. The second-order valence-electron chi connectivity index (χ2n) is 7.15. The second kappa shape index (κ2) is 6.56. The van der Waals surface area contributed by atoms with Crippen molar-refractivity contribution in [2.45, 2.75) is 57.7 Å². The molecule has 1 amide bonds. The lowest BCUT2D eigenvalue weighted by Gasteiger charge is -2.24. The first-order chi connectivity index (χ1) is 10.6. The molecule has 1 aromatic heterocycles. The van der Waals surface area contributed by atoms with Gasteiger partial charge in [0.1, 0.15) is 5.75 Å². The molecule has 1 aliphatic carbocycles. The Labute approximate surface area is 136 Å². The lowest BCUT2D eigenvalue weighted by atomic mass is 9.88. The van der Waals surface area contributed by atoms with Crippen LogP contribution in [0.15, 0.2) is 4.52 Å². The van der Waals surface area contributed by atoms with Crippen LogP contribution in [0.3, 0.4) is 0 Å². The van der Waals surface area contributed by atoms with Gasteiger partial charge in [0.05, 0.1) is 6.04 Å². The van der Waals surface area contributed by atoms with Gasteiger partial charge in [-0.2, -0.15) is 4.98 Å². The van der Waals surface area contributed by atoms with E-state index in [4.69, 9.17) is 4.52 Å². The zero-order valence-electron chi connectivity index (χ0n) is 13.9.